The molecule has 0 bridgehead atoms. The molecule has 0 aromatic carbocycles. The molecular weight excluding hydrogens is 222 g/mol. The summed E-state index contributed by atoms with van der Waals surface area (Å²) in [4.78, 5) is 24.0. The van der Waals surface area contributed by atoms with Crippen LogP contribution in [0.15, 0.2) is 0 Å². The molecule has 17 heavy (non-hydrogen) atoms. The maximum Gasteiger partial charge on any atom is 0.410 e. The zero-order valence-corrected chi connectivity index (χ0v) is 10.3. The van der Waals surface area contributed by atoms with Crippen molar-refractivity contribution in [1.29, 1.82) is 0 Å². The molecule has 0 aromatic heterocycles. The Morgan fingerprint density at radius 3 is 2.35 bits per heavy atom. The number of ether oxygens (including phenoxy) is 1. The molecule has 1 aliphatic rings. The standard InChI is InChI=1S/C12H17NO4/c1-5-8-6-13(7-9(8)10(14)15)11(16)17-12(2,3)4/h1,8-9H,6-7H2,2-4H3,(H,14,15)/t8-,9+/m1/s1. The normalized spacial score (nSPS) is 24.2. The molecule has 2 atom stereocenters. The van der Waals surface area contributed by atoms with Gasteiger partial charge in [-0.1, -0.05) is 0 Å². The van der Waals surface area contributed by atoms with Gasteiger partial charge in [-0.15, -0.1) is 12.3 Å². The Morgan fingerprint density at radius 2 is 2.00 bits per heavy atom. The van der Waals surface area contributed by atoms with Crippen LogP contribution in [0.3, 0.4) is 0 Å². The van der Waals surface area contributed by atoms with Gasteiger partial charge in [0.1, 0.15) is 5.60 Å². The molecule has 5 nitrogen and oxygen atoms in total. The van der Waals surface area contributed by atoms with Gasteiger partial charge in [0.25, 0.3) is 0 Å². The minimum Gasteiger partial charge on any atom is -0.481 e. The minimum atomic E-state index is -0.973. The lowest BCUT2D eigenvalue weighted by Crippen LogP contribution is -2.35. The topological polar surface area (TPSA) is 66.8 Å². The van der Waals surface area contributed by atoms with Crippen LogP contribution < -0.4 is 0 Å². The van der Waals surface area contributed by atoms with Gasteiger partial charge in [-0.05, 0) is 20.8 Å². The molecule has 1 rings (SSSR count). The zero-order chi connectivity index (χ0) is 13.2. The molecule has 0 aromatic rings. The first-order chi connectivity index (χ1) is 7.74. The number of aliphatic carboxylic acids is 1. The van der Waals surface area contributed by atoms with E-state index in [4.69, 9.17) is 16.3 Å². The van der Waals surface area contributed by atoms with Crippen molar-refractivity contribution in [3.63, 3.8) is 0 Å². The molecule has 0 aliphatic carbocycles. The highest BCUT2D eigenvalue weighted by molar-refractivity contribution is 5.75. The number of carboxylic acid groups (broad SMARTS) is 1. The van der Waals surface area contributed by atoms with E-state index in [0.717, 1.165) is 0 Å². The average Bonchev–Trinajstić information content (AvgIpc) is 2.58. The average molecular weight is 239 g/mol. The van der Waals surface area contributed by atoms with Gasteiger partial charge in [0, 0.05) is 13.1 Å². The summed E-state index contributed by atoms with van der Waals surface area (Å²) in [6, 6.07) is 0. The van der Waals surface area contributed by atoms with E-state index in [1.54, 1.807) is 20.8 Å². The summed E-state index contributed by atoms with van der Waals surface area (Å²) in [5.74, 6) is 0.294. The van der Waals surface area contributed by atoms with Gasteiger partial charge in [-0.3, -0.25) is 4.79 Å². The first-order valence-electron chi connectivity index (χ1n) is 5.41. The molecule has 0 saturated carbocycles. The number of likely N-dealkylation sites (tertiary alicyclic amines) is 1. The molecule has 1 heterocycles. The van der Waals surface area contributed by atoms with Crippen LogP contribution in [-0.4, -0.2) is 40.8 Å². The van der Waals surface area contributed by atoms with Crippen molar-refractivity contribution >= 4 is 12.1 Å². The summed E-state index contributed by atoms with van der Waals surface area (Å²) in [5.41, 5.74) is -0.593. The summed E-state index contributed by atoms with van der Waals surface area (Å²) in [5, 5.41) is 8.97. The van der Waals surface area contributed by atoms with E-state index in [1.165, 1.54) is 4.90 Å². The summed E-state index contributed by atoms with van der Waals surface area (Å²) in [7, 11) is 0. The summed E-state index contributed by atoms with van der Waals surface area (Å²) in [6.07, 6.45) is 4.75. The van der Waals surface area contributed by atoms with Crippen LogP contribution in [0.1, 0.15) is 20.8 Å². The molecule has 1 N–H and O–H groups in total. The Kier molecular flexibility index (Phi) is 3.66. The largest absolute Gasteiger partial charge is 0.481 e. The van der Waals surface area contributed by atoms with Gasteiger partial charge in [-0.2, -0.15) is 0 Å². The van der Waals surface area contributed by atoms with Crippen LogP contribution in [-0.2, 0) is 9.53 Å². The Balaban J connectivity index is 2.68. The molecule has 1 saturated heterocycles. The number of carboxylic acids is 1. The molecule has 1 aliphatic heterocycles. The molecular formula is C12H17NO4. The first kappa shape index (κ1) is 13.4. The number of carbonyl (C=O) groups is 2. The van der Waals surface area contributed by atoms with E-state index in [0.29, 0.717) is 0 Å². The summed E-state index contributed by atoms with van der Waals surface area (Å²) in [6.45, 7) is 5.62. The molecule has 1 amide bonds. The molecule has 94 valence electrons. The maximum atomic E-state index is 11.7. The number of hydrogen-bond donors (Lipinski definition) is 1. The predicted octanol–water partition coefficient (Wildman–Crippen LogP) is 1.19. The van der Waals surface area contributed by atoms with Crippen LogP contribution >= 0.6 is 0 Å². The summed E-state index contributed by atoms with van der Waals surface area (Å²) >= 11 is 0. The lowest BCUT2D eigenvalue weighted by molar-refractivity contribution is -0.141. The van der Waals surface area contributed by atoms with Crippen molar-refractivity contribution in [2.75, 3.05) is 13.1 Å². The number of rotatable bonds is 1. The van der Waals surface area contributed by atoms with Gasteiger partial charge in [0.05, 0.1) is 11.8 Å². The highest BCUT2D eigenvalue weighted by Gasteiger charge is 2.40. The van der Waals surface area contributed by atoms with Gasteiger partial charge in [0.2, 0.25) is 0 Å². The van der Waals surface area contributed by atoms with Gasteiger partial charge in [0.15, 0.2) is 0 Å². The SMILES string of the molecule is C#C[C@@H]1CN(C(=O)OC(C)(C)C)C[C@@H]1C(=O)O. The smallest absolute Gasteiger partial charge is 0.410 e. The van der Waals surface area contributed by atoms with E-state index in [2.05, 4.69) is 5.92 Å². The Hall–Kier alpha value is -1.70. The summed E-state index contributed by atoms with van der Waals surface area (Å²) < 4.78 is 5.17. The van der Waals surface area contributed by atoms with Crippen molar-refractivity contribution in [3.8, 4) is 12.3 Å². The van der Waals surface area contributed by atoms with E-state index in [1.807, 2.05) is 0 Å². The first-order valence-corrected chi connectivity index (χ1v) is 5.41. The molecule has 0 spiro atoms. The predicted molar refractivity (Wildman–Crippen MR) is 61.3 cm³/mol. The highest BCUT2D eigenvalue weighted by atomic mass is 16.6. The van der Waals surface area contributed by atoms with E-state index < -0.39 is 29.5 Å². The van der Waals surface area contributed by atoms with Crippen molar-refractivity contribution in [2.24, 2.45) is 11.8 Å². The molecule has 5 heteroatoms. The number of terminal acetylenes is 1. The van der Waals surface area contributed by atoms with Crippen molar-refractivity contribution in [2.45, 2.75) is 26.4 Å². The van der Waals surface area contributed by atoms with E-state index in [-0.39, 0.29) is 13.1 Å². The fourth-order valence-corrected chi connectivity index (χ4v) is 1.70. The fourth-order valence-electron chi connectivity index (χ4n) is 1.70. The Bertz CT molecular complexity index is 364. The van der Waals surface area contributed by atoms with Crippen LogP contribution in [0.4, 0.5) is 4.79 Å². The number of hydrogen-bond acceptors (Lipinski definition) is 3. The van der Waals surface area contributed by atoms with Crippen LogP contribution in [0.2, 0.25) is 0 Å². The van der Waals surface area contributed by atoms with Crippen LogP contribution in [0.5, 0.6) is 0 Å². The Labute approximate surface area is 101 Å². The van der Waals surface area contributed by atoms with Crippen molar-refractivity contribution in [3.05, 3.63) is 0 Å². The maximum absolute atomic E-state index is 11.7. The van der Waals surface area contributed by atoms with Gasteiger partial charge < -0.3 is 14.7 Å². The monoisotopic (exact) mass is 239 g/mol. The number of amides is 1. The van der Waals surface area contributed by atoms with Gasteiger partial charge in [-0.25, -0.2) is 4.79 Å². The number of carbonyl (C=O) groups excluding carboxylic acids is 1. The molecule has 1 fully saturated rings. The highest BCUT2D eigenvalue weighted by Crippen LogP contribution is 2.24. The Morgan fingerprint density at radius 1 is 1.41 bits per heavy atom. The van der Waals surface area contributed by atoms with Gasteiger partial charge >= 0.3 is 12.1 Å². The quantitative estimate of drug-likeness (QED) is 0.698. The van der Waals surface area contributed by atoms with Crippen molar-refractivity contribution in [1.82, 2.24) is 4.90 Å². The molecule has 0 radical (unpaired) electrons. The van der Waals surface area contributed by atoms with Crippen LogP contribution in [0, 0.1) is 24.2 Å². The fraction of sp³-hybridized carbons (Fsp3) is 0.667. The third-order valence-corrected chi connectivity index (χ3v) is 2.50. The zero-order valence-electron chi connectivity index (χ0n) is 10.3. The molecule has 0 unspecified atom stereocenters. The minimum absolute atomic E-state index is 0.110. The van der Waals surface area contributed by atoms with Crippen molar-refractivity contribution < 1.29 is 19.4 Å². The second-order valence-corrected chi connectivity index (χ2v) is 5.10. The second-order valence-electron chi connectivity index (χ2n) is 5.10. The lowest BCUT2D eigenvalue weighted by atomic mass is 9.97. The third kappa shape index (κ3) is 3.38. The second kappa shape index (κ2) is 4.66. The lowest BCUT2D eigenvalue weighted by Gasteiger charge is -2.24. The van der Waals surface area contributed by atoms with E-state index in [9.17, 15) is 9.59 Å². The van der Waals surface area contributed by atoms with E-state index >= 15 is 0 Å². The third-order valence-electron chi connectivity index (χ3n) is 2.50. The van der Waals surface area contributed by atoms with Crippen LogP contribution in [0.25, 0.3) is 0 Å². The number of nitrogens with zero attached hydrogens (tertiary/aromatic N) is 1.